The second kappa shape index (κ2) is 3.68. The molecule has 3 heterocycles. The molecule has 0 saturated carbocycles. The zero-order valence-electron chi connectivity index (χ0n) is 9.55. The monoisotopic (exact) mass is 252 g/mol. The number of esters is 1. The average Bonchev–Trinajstić information content (AvgIpc) is 2.55. The summed E-state index contributed by atoms with van der Waals surface area (Å²) in [6, 6.07) is 1.68. The van der Waals surface area contributed by atoms with Gasteiger partial charge < -0.3 is 10.1 Å². The Balaban J connectivity index is 2.15. The molecule has 2 aliphatic heterocycles. The third-order valence-corrected chi connectivity index (χ3v) is 3.88. The molecule has 0 radical (unpaired) electrons. The second-order valence-corrected chi connectivity index (χ2v) is 4.99. The average molecular weight is 253 g/mol. The van der Waals surface area contributed by atoms with E-state index in [0.717, 1.165) is 37.3 Å². The van der Waals surface area contributed by atoms with Crippen molar-refractivity contribution in [1.82, 2.24) is 10.3 Å². The highest BCUT2D eigenvalue weighted by atomic mass is 35.5. The first-order chi connectivity index (χ1) is 8.12. The van der Waals surface area contributed by atoms with Gasteiger partial charge in [0, 0.05) is 12.8 Å². The Morgan fingerprint density at radius 2 is 2.18 bits per heavy atom. The van der Waals surface area contributed by atoms with E-state index in [9.17, 15) is 4.79 Å². The minimum absolute atomic E-state index is 0.295. The van der Waals surface area contributed by atoms with Gasteiger partial charge in [-0.2, -0.15) is 0 Å². The summed E-state index contributed by atoms with van der Waals surface area (Å²) in [6.45, 7) is 3.53. The molecule has 5 heteroatoms. The third-order valence-electron chi connectivity index (χ3n) is 3.50. The molecule has 17 heavy (non-hydrogen) atoms. The molecule has 4 nitrogen and oxygen atoms in total. The summed E-state index contributed by atoms with van der Waals surface area (Å²) < 4.78 is 5.57. The molecule has 90 valence electrons. The molecule has 0 unspecified atom stereocenters. The number of rotatable bonds is 0. The summed E-state index contributed by atoms with van der Waals surface area (Å²) in [5.41, 5.74) is 1.53. The smallest absolute Gasteiger partial charge is 0.341 e. The predicted molar refractivity (Wildman–Crippen MR) is 63.2 cm³/mol. The number of halogens is 1. The molecule has 1 saturated heterocycles. The Labute approximate surface area is 104 Å². The van der Waals surface area contributed by atoms with E-state index in [1.807, 2.05) is 6.92 Å². The van der Waals surface area contributed by atoms with Gasteiger partial charge in [-0.1, -0.05) is 11.6 Å². The summed E-state index contributed by atoms with van der Waals surface area (Å²) >= 11 is 6.00. The standard InChI is InChI=1S/C12H13ClN2O2/c1-7-9(13)6-8-10(15-7)12(17-11(8)16)2-4-14-5-3-12/h6,14H,2-5H2,1H3. The number of piperidine rings is 1. The molecular weight excluding hydrogens is 240 g/mol. The topological polar surface area (TPSA) is 51.2 Å². The minimum Gasteiger partial charge on any atom is -0.449 e. The van der Waals surface area contributed by atoms with Gasteiger partial charge in [-0.3, -0.25) is 4.98 Å². The summed E-state index contributed by atoms with van der Waals surface area (Å²) in [5.74, 6) is -0.295. The SMILES string of the molecule is Cc1nc2c(cc1Cl)C(=O)OC21CCNCC1. The number of fused-ring (bicyclic) bond motifs is 2. The van der Waals surface area contributed by atoms with Crippen molar-refractivity contribution in [2.24, 2.45) is 0 Å². The maximum absolute atomic E-state index is 11.9. The Morgan fingerprint density at radius 3 is 2.88 bits per heavy atom. The van der Waals surface area contributed by atoms with Gasteiger partial charge in [0.15, 0.2) is 5.60 Å². The number of carbonyl (C=O) groups is 1. The number of aryl methyl sites for hydroxylation is 1. The van der Waals surface area contributed by atoms with Gasteiger partial charge in [-0.15, -0.1) is 0 Å². The number of nitrogens with zero attached hydrogens (tertiary/aromatic N) is 1. The lowest BCUT2D eigenvalue weighted by atomic mass is 9.88. The number of hydrogen-bond donors (Lipinski definition) is 1. The highest BCUT2D eigenvalue weighted by Crippen LogP contribution is 2.42. The molecule has 0 aliphatic carbocycles. The Morgan fingerprint density at radius 1 is 1.47 bits per heavy atom. The number of carbonyl (C=O) groups excluding carboxylic acids is 1. The number of ether oxygens (including phenoxy) is 1. The fourth-order valence-electron chi connectivity index (χ4n) is 2.53. The molecule has 0 aromatic carbocycles. The molecule has 1 aromatic heterocycles. The first-order valence-electron chi connectivity index (χ1n) is 5.74. The van der Waals surface area contributed by atoms with Crippen LogP contribution in [-0.4, -0.2) is 24.0 Å². The van der Waals surface area contributed by atoms with Crippen molar-refractivity contribution in [1.29, 1.82) is 0 Å². The van der Waals surface area contributed by atoms with Crippen LogP contribution in [0.1, 0.15) is 34.6 Å². The van der Waals surface area contributed by atoms with Crippen LogP contribution in [0.5, 0.6) is 0 Å². The van der Waals surface area contributed by atoms with Crippen LogP contribution in [0.4, 0.5) is 0 Å². The van der Waals surface area contributed by atoms with Crippen molar-refractivity contribution >= 4 is 17.6 Å². The van der Waals surface area contributed by atoms with Crippen molar-refractivity contribution in [3.8, 4) is 0 Å². The van der Waals surface area contributed by atoms with Crippen LogP contribution >= 0.6 is 11.6 Å². The van der Waals surface area contributed by atoms with Gasteiger partial charge in [0.2, 0.25) is 0 Å². The van der Waals surface area contributed by atoms with Crippen LogP contribution in [0.15, 0.2) is 6.07 Å². The van der Waals surface area contributed by atoms with Gasteiger partial charge in [0.05, 0.1) is 22.0 Å². The number of nitrogens with one attached hydrogen (secondary N) is 1. The maximum atomic E-state index is 11.9. The van der Waals surface area contributed by atoms with E-state index in [4.69, 9.17) is 16.3 Å². The summed E-state index contributed by atoms with van der Waals surface area (Å²) in [4.78, 5) is 16.3. The minimum atomic E-state index is -0.521. The van der Waals surface area contributed by atoms with Crippen molar-refractivity contribution in [2.45, 2.75) is 25.4 Å². The van der Waals surface area contributed by atoms with E-state index in [0.29, 0.717) is 10.6 Å². The normalized spacial score (nSPS) is 21.4. The molecule has 0 amide bonds. The number of aromatic nitrogens is 1. The highest BCUT2D eigenvalue weighted by Gasteiger charge is 2.47. The predicted octanol–water partition coefficient (Wildman–Crippen LogP) is 1.79. The van der Waals surface area contributed by atoms with Gasteiger partial charge in [-0.25, -0.2) is 4.79 Å². The molecule has 3 rings (SSSR count). The lowest BCUT2D eigenvalue weighted by molar-refractivity contribution is -0.0260. The number of pyridine rings is 1. The lowest BCUT2D eigenvalue weighted by Crippen LogP contribution is -2.40. The van der Waals surface area contributed by atoms with Crippen molar-refractivity contribution in [3.63, 3.8) is 0 Å². The van der Waals surface area contributed by atoms with Crippen LogP contribution in [0, 0.1) is 6.92 Å². The molecule has 2 aliphatic rings. The molecule has 0 atom stereocenters. The summed E-state index contributed by atoms with van der Waals surface area (Å²) in [5, 5.41) is 3.78. The zero-order chi connectivity index (χ0) is 12.0. The fourth-order valence-corrected chi connectivity index (χ4v) is 2.69. The van der Waals surface area contributed by atoms with Gasteiger partial charge in [0.1, 0.15) is 0 Å². The van der Waals surface area contributed by atoms with Crippen LogP contribution < -0.4 is 5.32 Å². The quantitative estimate of drug-likeness (QED) is 0.716. The Hall–Kier alpha value is -1.13. The van der Waals surface area contributed by atoms with Crippen molar-refractivity contribution in [3.05, 3.63) is 28.0 Å². The highest BCUT2D eigenvalue weighted by molar-refractivity contribution is 6.31. The van der Waals surface area contributed by atoms with Crippen LogP contribution in [0.3, 0.4) is 0 Å². The summed E-state index contributed by atoms with van der Waals surface area (Å²) in [6.07, 6.45) is 1.56. The lowest BCUT2D eigenvalue weighted by Gasteiger charge is -2.32. The third kappa shape index (κ3) is 1.55. The summed E-state index contributed by atoms with van der Waals surface area (Å²) in [7, 11) is 0. The Bertz CT molecular complexity index is 496. The van der Waals surface area contributed by atoms with Crippen molar-refractivity contribution < 1.29 is 9.53 Å². The van der Waals surface area contributed by atoms with Crippen LogP contribution in [-0.2, 0) is 10.3 Å². The van der Waals surface area contributed by atoms with Crippen LogP contribution in [0.25, 0.3) is 0 Å². The van der Waals surface area contributed by atoms with Crippen LogP contribution in [0.2, 0.25) is 5.02 Å². The maximum Gasteiger partial charge on any atom is 0.341 e. The molecule has 0 bridgehead atoms. The zero-order valence-corrected chi connectivity index (χ0v) is 10.3. The molecule has 1 spiro atoms. The van der Waals surface area contributed by atoms with E-state index in [-0.39, 0.29) is 5.97 Å². The number of hydrogen-bond acceptors (Lipinski definition) is 4. The first kappa shape index (κ1) is 11.0. The van der Waals surface area contributed by atoms with E-state index in [2.05, 4.69) is 10.3 Å². The molecular formula is C12H13ClN2O2. The van der Waals surface area contributed by atoms with E-state index < -0.39 is 5.60 Å². The van der Waals surface area contributed by atoms with E-state index >= 15 is 0 Å². The Kier molecular flexibility index (Phi) is 2.38. The van der Waals surface area contributed by atoms with Crippen molar-refractivity contribution in [2.75, 3.05) is 13.1 Å². The van der Waals surface area contributed by atoms with Gasteiger partial charge >= 0.3 is 5.97 Å². The van der Waals surface area contributed by atoms with E-state index in [1.54, 1.807) is 6.07 Å². The molecule has 1 fully saturated rings. The first-order valence-corrected chi connectivity index (χ1v) is 6.12. The second-order valence-electron chi connectivity index (χ2n) is 4.59. The van der Waals surface area contributed by atoms with Gasteiger partial charge in [-0.05, 0) is 26.1 Å². The largest absolute Gasteiger partial charge is 0.449 e. The van der Waals surface area contributed by atoms with E-state index in [1.165, 1.54) is 0 Å². The molecule has 1 aromatic rings. The van der Waals surface area contributed by atoms with Gasteiger partial charge in [0.25, 0.3) is 0 Å². The molecule has 1 N–H and O–H groups in total. The fraction of sp³-hybridized carbons (Fsp3) is 0.500.